The molecule has 1 saturated carbocycles. The molecule has 0 saturated heterocycles. The van der Waals surface area contributed by atoms with Gasteiger partial charge in [-0.25, -0.2) is 0 Å². The molecule has 1 aliphatic rings. The maximum absolute atomic E-state index is 11.5. The van der Waals surface area contributed by atoms with Crippen molar-refractivity contribution in [3.63, 3.8) is 0 Å². The van der Waals surface area contributed by atoms with E-state index < -0.39 is 0 Å². The number of hydrogen-bond acceptors (Lipinski definition) is 5. The third-order valence-corrected chi connectivity index (χ3v) is 5.97. The molecule has 0 aliphatic heterocycles. The van der Waals surface area contributed by atoms with Crippen molar-refractivity contribution in [2.45, 2.75) is 116 Å². The second-order valence-electron chi connectivity index (χ2n) is 8.77. The lowest BCUT2D eigenvalue weighted by Gasteiger charge is -2.25. The number of esters is 1. The Morgan fingerprint density at radius 1 is 1.14 bits per heavy atom. The van der Waals surface area contributed by atoms with Gasteiger partial charge in [-0.05, 0) is 64.2 Å². The van der Waals surface area contributed by atoms with Crippen molar-refractivity contribution >= 4 is 5.97 Å². The number of allylic oxidation sites excluding steroid dienone is 2. The van der Waals surface area contributed by atoms with Gasteiger partial charge in [-0.2, -0.15) is 0 Å². The molecule has 1 rings (SSSR count). The van der Waals surface area contributed by atoms with Gasteiger partial charge in [0.05, 0.1) is 24.4 Å². The van der Waals surface area contributed by atoms with Crippen molar-refractivity contribution in [3.05, 3.63) is 12.2 Å². The smallest absolute Gasteiger partial charge is 0.306 e. The average molecular weight is 413 g/mol. The molecule has 0 amide bonds. The molecular weight excluding hydrogens is 368 g/mol. The molecule has 0 spiro atoms. The highest BCUT2D eigenvalue weighted by molar-refractivity contribution is 5.69. The van der Waals surface area contributed by atoms with E-state index in [0.717, 1.165) is 44.9 Å². The molecule has 29 heavy (non-hydrogen) atoms. The number of aliphatic hydroxyl groups is 2. The molecule has 0 bridgehead atoms. The standard InChI is InChI=1S/C24H44O5/c1-5-6-9-12-19(25)15-16-21-20(22(26)17-23(21)28-4)13-10-7-8-11-14-24(27)29-18(2)3/h7,10,18-23,25-26H,5-6,8-9,11-17H2,1-4H3. The quantitative estimate of drug-likeness (QED) is 0.230. The lowest BCUT2D eigenvalue weighted by Crippen LogP contribution is -2.24. The van der Waals surface area contributed by atoms with Gasteiger partial charge in [-0.15, -0.1) is 0 Å². The molecule has 0 aromatic carbocycles. The fourth-order valence-corrected chi connectivity index (χ4v) is 4.37. The van der Waals surface area contributed by atoms with Gasteiger partial charge >= 0.3 is 5.97 Å². The maximum atomic E-state index is 11.5. The van der Waals surface area contributed by atoms with Crippen molar-refractivity contribution in [1.29, 1.82) is 0 Å². The number of carbonyl (C=O) groups excluding carboxylic acids is 1. The lowest BCUT2D eigenvalue weighted by molar-refractivity contribution is -0.147. The second kappa shape index (κ2) is 15.0. The number of ether oxygens (including phenoxy) is 2. The van der Waals surface area contributed by atoms with Crippen LogP contribution in [0, 0.1) is 11.8 Å². The van der Waals surface area contributed by atoms with Gasteiger partial charge in [0.2, 0.25) is 0 Å². The van der Waals surface area contributed by atoms with Gasteiger partial charge in [-0.1, -0.05) is 38.3 Å². The number of carbonyl (C=O) groups is 1. The van der Waals surface area contributed by atoms with E-state index in [1.54, 1.807) is 7.11 Å². The van der Waals surface area contributed by atoms with Crippen molar-refractivity contribution < 1.29 is 24.5 Å². The Labute approximate surface area is 177 Å². The fourth-order valence-electron chi connectivity index (χ4n) is 4.37. The Hall–Kier alpha value is -0.910. The summed E-state index contributed by atoms with van der Waals surface area (Å²) in [6.45, 7) is 5.89. The minimum atomic E-state index is -0.354. The minimum absolute atomic E-state index is 0.0577. The first kappa shape index (κ1) is 26.1. The van der Waals surface area contributed by atoms with Gasteiger partial charge in [0.25, 0.3) is 0 Å². The Morgan fingerprint density at radius 2 is 1.90 bits per heavy atom. The van der Waals surface area contributed by atoms with Crippen molar-refractivity contribution in [1.82, 2.24) is 0 Å². The zero-order chi connectivity index (χ0) is 21.6. The van der Waals surface area contributed by atoms with Crippen LogP contribution in [0.4, 0.5) is 0 Å². The summed E-state index contributed by atoms with van der Waals surface area (Å²) in [5.41, 5.74) is 0. The summed E-state index contributed by atoms with van der Waals surface area (Å²) in [6, 6.07) is 0. The van der Waals surface area contributed by atoms with Gasteiger partial charge in [0.15, 0.2) is 0 Å². The summed E-state index contributed by atoms with van der Waals surface area (Å²) in [5, 5.41) is 20.8. The molecule has 5 heteroatoms. The summed E-state index contributed by atoms with van der Waals surface area (Å²) in [7, 11) is 1.72. The van der Waals surface area contributed by atoms with E-state index in [9.17, 15) is 15.0 Å². The van der Waals surface area contributed by atoms with Crippen molar-refractivity contribution in [3.8, 4) is 0 Å². The third kappa shape index (κ3) is 10.6. The SMILES string of the molecule is CCCCCC(O)CCC1C(OC)CC(O)C1CC=CCCCC(=O)OC(C)C. The number of rotatable bonds is 15. The molecule has 1 fully saturated rings. The van der Waals surface area contributed by atoms with E-state index in [4.69, 9.17) is 9.47 Å². The highest BCUT2D eigenvalue weighted by atomic mass is 16.5. The first-order valence-corrected chi connectivity index (χ1v) is 11.6. The van der Waals surface area contributed by atoms with Crippen LogP contribution in [0.1, 0.15) is 91.4 Å². The van der Waals surface area contributed by atoms with E-state index in [1.807, 2.05) is 13.8 Å². The van der Waals surface area contributed by atoms with Crippen LogP contribution in [-0.4, -0.2) is 47.7 Å². The van der Waals surface area contributed by atoms with Crippen LogP contribution in [-0.2, 0) is 14.3 Å². The molecule has 0 aromatic rings. The average Bonchev–Trinajstić information content (AvgIpc) is 2.97. The fraction of sp³-hybridized carbons (Fsp3) is 0.875. The summed E-state index contributed by atoms with van der Waals surface area (Å²) in [5.74, 6) is 0.312. The predicted octanol–water partition coefficient (Wildman–Crippen LogP) is 4.79. The van der Waals surface area contributed by atoms with Gasteiger partial charge in [0.1, 0.15) is 0 Å². The van der Waals surface area contributed by atoms with Crippen LogP contribution in [0.5, 0.6) is 0 Å². The molecule has 0 aromatic heterocycles. The topological polar surface area (TPSA) is 76.0 Å². The number of methoxy groups -OCH3 is 1. The Kier molecular flexibility index (Phi) is 13.5. The van der Waals surface area contributed by atoms with Crippen molar-refractivity contribution in [2.75, 3.05) is 7.11 Å². The monoisotopic (exact) mass is 412 g/mol. The van der Waals surface area contributed by atoms with Crippen LogP contribution >= 0.6 is 0 Å². The molecule has 5 nitrogen and oxygen atoms in total. The summed E-state index contributed by atoms with van der Waals surface area (Å²) < 4.78 is 10.8. The Bertz CT molecular complexity index is 462. The molecule has 1 aliphatic carbocycles. The lowest BCUT2D eigenvalue weighted by atomic mass is 9.85. The normalized spacial score (nSPS) is 25.8. The van der Waals surface area contributed by atoms with Gasteiger partial charge < -0.3 is 19.7 Å². The van der Waals surface area contributed by atoms with Crippen molar-refractivity contribution in [2.24, 2.45) is 11.8 Å². The van der Waals surface area contributed by atoms with E-state index >= 15 is 0 Å². The largest absolute Gasteiger partial charge is 0.463 e. The van der Waals surface area contributed by atoms with Crippen LogP contribution < -0.4 is 0 Å². The predicted molar refractivity (Wildman–Crippen MR) is 117 cm³/mol. The molecule has 5 unspecified atom stereocenters. The summed E-state index contributed by atoms with van der Waals surface area (Å²) in [4.78, 5) is 11.5. The highest BCUT2D eigenvalue weighted by Gasteiger charge is 2.41. The van der Waals surface area contributed by atoms with E-state index in [1.165, 1.54) is 12.8 Å². The maximum Gasteiger partial charge on any atom is 0.306 e. The van der Waals surface area contributed by atoms with Crippen LogP contribution in [0.2, 0.25) is 0 Å². The Morgan fingerprint density at radius 3 is 2.55 bits per heavy atom. The van der Waals surface area contributed by atoms with Crippen LogP contribution in [0.25, 0.3) is 0 Å². The zero-order valence-electron chi connectivity index (χ0n) is 19.0. The second-order valence-corrected chi connectivity index (χ2v) is 8.77. The summed E-state index contributed by atoms with van der Waals surface area (Å²) in [6.07, 6.45) is 13.1. The van der Waals surface area contributed by atoms with E-state index in [-0.39, 0.29) is 42.2 Å². The van der Waals surface area contributed by atoms with Gasteiger partial charge in [0, 0.05) is 20.0 Å². The zero-order valence-corrected chi connectivity index (χ0v) is 19.0. The number of unbranched alkanes of at least 4 members (excludes halogenated alkanes) is 3. The molecule has 0 heterocycles. The first-order valence-electron chi connectivity index (χ1n) is 11.6. The molecule has 5 atom stereocenters. The summed E-state index contributed by atoms with van der Waals surface area (Å²) >= 11 is 0. The molecule has 0 radical (unpaired) electrons. The molecule has 2 N–H and O–H groups in total. The molecule has 170 valence electrons. The van der Waals surface area contributed by atoms with E-state index in [2.05, 4.69) is 19.1 Å². The number of hydrogen-bond donors (Lipinski definition) is 2. The number of aliphatic hydroxyl groups excluding tert-OH is 2. The minimum Gasteiger partial charge on any atom is -0.463 e. The van der Waals surface area contributed by atoms with Crippen LogP contribution in [0.15, 0.2) is 12.2 Å². The van der Waals surface area contributed by atoms with Crippen LogP contribution in [0.3, 0.4) is 0 Å². The highest BCUT2D eigenvalue weighted by Crippen LogP contribution is 2.40. The molecular formula is C24H44O5. The van der Waals surface area contributed by atoms with E-state index in [0.29, 0.717) is 12.8 Å². The first-order chi connectivity index (χ1) is 13.9. The third-order valence-electron chi connectivity index (χ3n) is 5.97. The van der Waals surface area contributed by atoms with Gasteiger partial charge in [-0.3, -0.25) is 4.79 Å². The Balaban J connectivity index is 2.40.